The van der Waals surface area contributed by atoms with E-state index in [4.69, 9.17) is 18.9 Å². The van der Waals surface area contributed by atoms with E-state index in [1.165, 1.54) is 11.1 Å². The Bertz CT molecular complexity index is 898. The van der Waals surface area contributed by atoms with Gasteiger partial charge >= 0.3 is 0 Å². The van der Waals surface area contributed by atoms with Crippen LogP contribution in [0.15, 0.2) is 48.5 Å². The summed E-state index contributed by atoms with van der Waals surface area (Å²) in [6.07, 6.45) is 1.61. The average molecular weight is 485 g/mol. The van der Waals surface area contributed by atoms with Crippen LogP contribution in [0.5, 0.6) is 0 Å². The second-order valence-corrected chi connectivity index (χ2v) is 9.66. The van der Waals surface area contributed by atoms with Crippen LogP contribution >= 0.6 is 0 Å². The second-order valence-electron chi connectivity index (χ2n) is 9.66. The molecule has 35 heavy (non-hydrogen) atoms. The summed E-state index contributed by atoms with van der Waals surface area (Å²) in [4.78, 5) is 0. The van der Waals surface area contributed by atoms with Crippen LogP contribution < -0.4 is 0 Å². The summed E-state index contributed by atoms with van der Waals surface area (Å²) >= 11 is 0. The molecule has 2 heterocycles. The fraction of sp³-hybridized carbons (Fsp3) is 0.586. The van der Waals surface area contributed by atoms with Gasteiger partial charge < -0.3 is 29.2 Å². The lowest BCUT2D eigenvalue weighted by molar-refractivity contribution is -0.391. The zero-order chi connectivity index (χ0) is 24.8. The monoisotopic (exact) mass is 484 g/mol. The van der Waals surface area contributed by atoms with E-state index in [2.05, 4.69) is 45.0 Å². The summed E-state index contributed by atoms with van der Waals surface area (Å²) in [6.45, 7) is 6.02. The van der Waals surface area contributed by atoms with Gasteiger partial charge in [-0.15, -0.1) is 0 Å². The Kier molecular flexibility index (Phi) is 9.34. The van der Waals surface area contributed by atoms with Gasteiger partial charge in [-0.25, -0.2) is 0 Å². The molecule has 0 spiro atoms. The van der Waals surface area contributed by atoms with Gasteiger partial charge in [-0.05, 0) is 30.4 Å². The standard InChI is InChI=1S/C29H40O6/c1-4-7-19-10-14-21(15-11-19)28-32-24(9-6-3)26-27(35-28)25(23(31)18-30)33-29(34-26)22-16-12-20(8-5-2)13-17-22/h10-17,23-31H,4-9,18H2,1-3H3/t23-,24?,25?,26?,27?,28?,29?/m0/s1. The van der Waals surface area contributed by atoms with Crippen LogP contribution in [-0.2, 0) is 31.8 Å². The van der Waals surface area contributed by atoms with Gasteiger partial charge in [-0.3, -0.25) is 0 Å². The van der Waals surface area contributed by atoms with Crippen molar-refractivity contribution in [3.8, 4) is 0 Å². The third-order valence-electron chi connectivity index (χ3n) is 6.88. The Hall–Kier alpha value is -1.80. The van der Waals surface area contributed by atoms with Crippen molar-refractivity contribution in [3.63, 3.8) is 0 Å². The van der Waals surface area contributed by atoms with Crippen molar-refractivity contribution >= 4 is 0 Å². The highest BCUT2D eigenvalue weighted by molar-refractivity contribution is 5.25. The molecule has 6 unspecified atom stereocenters. The molecule has 2 fully saturated rings. The minimum absolute atomic E-state index is 0.224. The number of ether oxygens (including phenoxy) is 4. The number of hydrogen-bond acceptors (Lipinski definition) is 6. The smallest absolute Gasteiger partial charge is 0.184 e. The Morgan fingerprint density at radius 2 is 1.20 bits per heavy atom. The van der Waals surface area contributed by atoms with E-state index in [1.54, 1.807) is 0 Å². The van der Waals surface area contributed by atoms with E-state index in [0.717, 1.165) is 49.7 Å². The summed E-state index contributed by atoms with van der Waals surface area (Å²) in [5.74, 6) is 0. The van der Waals surface area contributed by atoms with E-state index in [1.807, 2.05) is 24.3 Å². The molecule has 0 amide bonds. The molecule has 2 N–H and O–H groups in total. The molecule has 6 heteroatoms. The van der Waals surface area contributed by atoms with Gasteiger partial charge in [0.1, 0.15) is 24.4 Å². The molecule has 0 aromatic heterocycles. The van der Waals surface area contributed by atoms with Crippen molar-refractivity contribution in [2.75, 3.05) is 6.61 Å². The summed E-state index contributed by atoms with van der Waals surface area (Å²) < 4.78 is 25.5. The summed E-state index contributed by atoms with van der Waals surface area (Å²) in [5.41, 5.74) is 4.34. The third kappa shape index (κ3) is 6.13. The fourth-order valence-electron chi connectivity index (χ4n) is 5.03. The number of aryl methyl sites for hydroxylation is 2. The predicted octanol–water partition coefficient (Wildman–Crippen LogP) is 5.01. The van der Waals surface area contributed by atoms with Crippen molar-refractivity contribution in [3.05, 3.63) is 70.8 Å². The molecule has 0 aliphatic carbocycles. The Balaban J connectivity index is 1.59. The van der Waals surface area contributed by atoms with Gasteiger partial charge in [0.05, 0.1) is 12.7 Å². The van der Waals surface area contributed by atoms with Crippen LogP contribution in [0.4, 0.5) is 0 Å². The first-order valence-electron chi connectivity index (χ1n) is 13.2. The number of aliphatic hydroxyl groups excluding tert-OH is 2. The lowest BCUT2D eigenvalue weighted by atomic mass is 9.93. The maximum Gasteiger partial charge on any atom is 0.184 e. The normalized spacial score (nSPS) is 29.5. The molecule has 0 saturated carbocycles. The first-order chi connectivity index (χ1) is 17.1. The molecule has 7 atom stereocenters. The van der Waals surface area contributed by atoms with Gasteiger partial charge in [0.25, 0.3) is 0 Å². The zero-order valence-electron chi connectivity index (χ0n) is 21.1. The van der Waals surface area contributed by atoms with E-state index in [9.17, 15) is 10.2 Å². The van der Waals surface area contributed by atoms with Gasteiger partial charge in [0.2, 0.25) is 0 Å². The average Bonchev–Trinajstić information content (AvgIpc) is 2.89. The van der Waals surface area contributed by atoms with E-state index < -0.39 is 43.6 Å². The fourth-order valence-corrected chi connectivity index (χ4v) is 5.03. The Labute approximate surface area is 209 Å². The molecule has 0 bridgehead atoms. The number of fused-ring (bicyclic) bond motifs is 1. The van der Waals surface area contributed by atoms with Gasteiger partial charge in [-0.2, -0.15) is 0 Å². The molecular weight excluding hydrogens is 444 g/mol. The van der Waals surface area contributed by atoms with Crippen LogP contribution in [0.3, 0.4) is 0 Å². The highest BCUT2D eigenvalue weighted by Crippen LogP contribution is 2.42. The van der Waals surface area contributed by atoms with Crippen molar-refractivity contribution in [2.45, 2.75) is 102 Å². The summed E-state index contributed by atoms with van der Waals surface area (Å²) in [7, 11) is 0. The number of rotatable bonds is 10. The molecule has 6 nitrogen and oxygen atoms in total. The molecule has 2 aliphatic heterocycles. The van der Waals surface area contributed by atoms with Crippen LogP contribution in [0.1, 0.15) is 81.3 Å². The molecule has 0 radical (unpaired) electrons. The molecule has 2 saturated heterocycles. The molecule has 2 aliphatic rings. The van der Waals surface area contributed by atoms with Crippen LogP contribution in [0, 0.1) is 0 Å². The zero-order valence-corrected chi connectivity index (χ0v) is 21.1. The summed E-state index contributed by atoms with van der Waals surface area (Å²) in [6, 6.07) is 16.5. The number of benzene rings is 2. The van der Waals surface area contributed by atoms with E-state index in [0.29, 0.717) is 0 Å². The van der Waals surface area contributed by atoms with E-state index in [-0.39, 0.29) is 6.10 Å². The quantitative estimate of drug-likeness (QED) is 0.494. The predicted molar refractivity (Wildman–Crippen MR) is 134 cm³/mol. The number of aliphatic hydroxyl groups is 2. The minimum Gasteiger partial charge on any atom is -0.394 e. The molecule has 2 aromatic carbocycles. The molecular formula is C29H40O6. The van der Waals surface area contributed by atoms with Crippen LogP contribution in [0.25, 0.3) is 0 Å². The highest BCUT2D eigenvalue weighted by atomic mass is 16.8. The molecule has 2 aromatic rings. The van der Waals surface area contributed by atoms with E-state index >= 15 is 0 Å². The summed E-state index contributed by atoms with van der Waals surface area (Å²) in [5, 5.41) is 20.5. The maximum atomic E-state index is 10.7. The largest absolute Gasteiger partial charge is 0.394 e. The van der Waals surface area contributed by atoms with Gasteiger partial charge in [-0.1, -0.05) is 88.6 Å². The number of hydrogen-bond donors (Lipinski definition) is 2. The second kappa shape index (κ2) is 12.4. The van der Waals surface area contributed by atoms with Crippen molar-refractivity contribution < 1.29 is 29.2 Å². The van der Waals surface area contributed by atoms with Crippen molar-refractivity contribution in [1.82, 2.24) is 0 Å². The third-order valence-corrected chi connectivity index (χ3v) is 6.88. The lowest BCUT2D eigenvalue weighted by Crippen LogP contribution is -2.61. The highest BCUT2D eigenvalue weighted by Gasteiger charge is 2.51. The maximum absolute atomic E-state index is 10.7. The SMILES string of the molecule is CCCc1ccc(C2OC(CCC)C3OC(c4ccc(CCC)cc4)OC([C@@H](O)CO)C3O2)cc1. The lowest BCUT2D eigenvalue weighted by Gasteiger charge is -2.50. The Morgan fingerprint density at radius 3 is 1.69 bits per heavy atom. The minimum atomic E-state index is -1.10. The van der Waals surface area contributed by atoms with Crippen molar-refractivity contribution in [1.29, 1.82) is 0 Å². The van der Waals surface area contributed by atoms with Crippen LogP contribution in [-0.4, -0.2) is 47.3 Å². The van der Waals surface area contributed by atoms with Crippen molar-refractivity contribution in [2.24, 2.45) is 0 Å². The van der Waals surface area contributed by atoms with Gasteiger partial charge in [0.15, 0.2) is 12.6 Å². The first-order valence-corrected chi connectivity index (χ1v) is 13.2. The van der Waals surface area contributed by atoms with Crippen LogP contribution in [0.2, 0.25) is 0 Å². The van der Waals surface area contributed by atoms with Gasteiger partial charge in [0, 0.05) is 11.1 Å². The topological polar surface area (TPSA) is 77.4 Å². The molecule has 4 rings (SSSR count). The Morgan fingerprint density at radius 1 is 0.686 bits per heavy atom. The first kappa shape index (κ1) is 26.3. The molecule has 192 valence electrons.